The molecular weight excluding hydrogens is 140 g/mol. The van der Waals surface area contributed by atoms with Crippen molar-refractivity contribution in [1.82, 2.24) is 0 Å². The van der Waals surface area contributed by atoms with Gasteiger partial charge in [-0.25, -0.2) is 5.53 Å². The Morgan fingerprint density at radius 1 is 1.18 bits per heavy atom. The first-order valence-corrected chi connectivity index (χ1v) is 3.19. The van der Waals surface area contributed by atoms with Crippen LogP contribution in [-0.2, 0) is 5.79 Å². The molecule has 0 amide bonds. The Bertz CT molecular complexity index is 242. The number of nitrogens with zero attached hydrogens (tertiary/aromatic N) is 1. The minimum atomic E-state index is -1.37. The molecule has 0 saturated heterocycles. The summed E-state index contributed by atoms with van der Waals surface area (Å²) in [4.78, 5) is 0. The molecule has 4 heteroatoms. The fourth-order valence-corrected chi connectivity index (χ4v) is 0.770. The van der Waals surface area contributed by atoms with Crippen LogP contribution in [0.3, 0.4) is 0 Å². The fraction of sp³-hybridized carbons (Fsp3) is 0.143. The van der Waals surface area contributed by atoms with E-state index in [1.165, 1.54) is 0 Å². The summed E-state index contributed by atoms with van der Waals surface area (Å²) in [7, 11) is 0. The third kappa shape index (κ3) is 1.60. The third-order valence-electron chi connectivity index (χ3n) is 1.42. The van der Waals surface area contributed by atoms with Gasteiger partial charge in [0.15, 0.2) is 0 Å². The Morgan fingerprint density at radius 2 is 1.73 bits per heavy atom. The van der Waals surface area contributed by atoms with Crippen LogP contribution in [0.5, 0.6) is 0 Å². The summed E-state index contributed by atoms with van der Waals surface area (Å²) in [5, 5.41) is 3.10. The van der Waals surface area contributed by atoms with E-state index in [1.807, 2.05) is 6.07 Å². The van der Waals surface area contributed by atoms with Gasteiger partial charge in [-0.1, -0.05) is 30.3 Å². The summed E-state index contributed by atoms with van der Waals surface area (Å²) in [6, 6.07) is 8.92. The highest BCUT2D eigenvalue weighted by atomic mass is 15.2. The van der Waals surface area contributed by atoms with Crippen molar-refractivity contribution >= 4 is 0 Å². The molecule has 0 aromatic heterocycles. The second-order valence-electron chi connectivity index (χ2n) is 2.30. The van der Waals surface area contributed by atoms with Gasteiger partial charge >= 0.3 is 0 Å². The van der Waals surface area contributed by atoms with Crippen LogP contribution >= 0.6 is 0 Å². The highest BCUT2D eigenvalue weighted by Gasteiger charge is 2.18. The molecule has 0 aliphatic rings. The van der Waals surface area contributed by atoms with Crippen LogP contribution in [-0.4, -0.2) is 0 Å². The van der Waals surface area contributed by atoms with Gasteiger partial charge < -0.3 is 0 Å². The van der Waals surface area contributed by atoms with Crippen molar-refractivity contribution in [2.75, 3.05) is 0 Å². The summed E-state index contributed by atoms with van der Waals surface area (Å²) >= 11 is 0. The van der Waals surface area contributed by atoms with Gasteiger partial charge in [0.25, 0.3) is 0 Å². The second-order valence-corrected chi connectivity index (χ2v) is 2.30. The summed E-state index contributed by atoms with van der Waals surface area (Å²) in [5.74, 6) is -1.37. The molecular formula is C7H10N4. The average Bonchev–Trinajstić information content (AvgIpc) is 2.06. The Hall–Kier alpha value is -1.26. The van der Waals surface area contributed by atoms with Gasteiger partial charge in [0, 0.05) is 5.56 Å². The minimum absolute atomic E-state index is 0.634. The lowest BCUT2D eigenvalue weighted by Crippen LogP contribution is -2.43. The first-order chi connectivity index (χ1) is 5.17. The number of hydrogen-bond acceptors (Lipinski definition) is 4. The quantitative estimate of drug-likeness (QED) is 0.429. The van der Waals surface area contributed by atoms with Gasteiger partial charge in [-0.15, -0.1) is 0 Å². The van der Waals surface area contributed by atoms with Crippen LogP contribution in [0.15, 0.2) is 35.4 Å². The van der Waals surface area contributed by atoms with Gasteiger partial charge in [0.2, 0.25) is 5.79 Å². The topological polar surface area (TPSA) is 88.2 Å². The second kappa shape index (κ2) is 2.77. The molecule has 1 rings (SSSR count). The van der Waals surface area contributed by atoms with E-state index in [2.05, 4.69) is 5.11 Å². The molecule has 0 aliphatic heterocycles. The Morgan fingerprint density at radius 3 is 2.18 bits per heavy atom. The van der Waals surface area contributed by atoms with E-state index in [4.69, 9.17) is 17.0 Å². The average molecular weight is 150 g/mol. The SMILES string of the molecule is N=NC(N)(N)c1ccccc1. The summed E-state index contributed by atoms with van der Waals surface area (Å²) in [5.41, 5.74) is 18.3. The van der Waals surface area contributed by atoms with E-state index in [0.717, 1.165) is 0 Å². The standard InChI is InChI=1S/C7H10N4/c8-7(9,11-10)6-4-2-1-3-5-6/h1-5,10H,8-9H2. The maximum absolute atomic E-state index is 6.72. The monoisotopic (exact) mass is 150 g/mol. The molecule has 0 unspecified atom stereocenters. The zero-order chi connectivity index (χ0) is 8.32. The molecule has 58 valence electrons. The normalized spacial score (nSPS) is 11.1. The Kier molecular flexibility index (Phi) is 1.98. The summed E-state index contributed by atoms with van der Waals surface area (Å²) < 4.78 is 0. The predicted molar refractivity (Wildman–Crippen MR) is 41.6 cm³/mol. The maximum atomic E-state index is 6.72. The smallest absolute Gasteiger partial charge is 0.205 e. The molecule has 0 spiro atoms. The molecule has 1 aromatic rings. The van der Waals surface area contributed by atoms with Crippen molar-refractivity contribution < 1.29 is 0 Å². The Balaban J connectivity index is 3.02. The Labute approximate surface area is 64.7 Å². The summed E-state index contributed by atoms with van der Waals surface area (Å²) in [6.45, 7) is 0. The molecule has 5 N–H and O–H groups in total. The van der Waals surface area contributed by atoms with Gasteiger partial charge in [0.1, 0.15) is 0 Å². The molecule has 4 nitrogen and oxygen atoms in total. The van der Waals surface area contributed by atoms with Crippen LogP contribution in [0.1, 0.15) is 5.56 Å². The molecule has 0 saturated carbocycles. The molecule has 11 heavy (non-hydrogen) atoms. The number of nitrogens with two attached hydrogens (primary N) is 2. The first-order valence-electron chi connectivity index (χ1n) is 3.19. The van der Waals surface area contributed by atoms with Gasteiger partial charge in [-0.3, -0.25) is 11.5 Å². The fourth-order valence-electron chi connectivity index (χ4n) is 0.770. The van der Waals surface area contributed by atoms with Crippen molar-refractivity contribution in [3.63, 3.8) is 0 Å². The number of rotatable bonds is 2. The molecule has 0 bridgehead atoms. The minimum Gasteiger partial charge on any atom is -0.289 e. The largest absolute Gasteiger partial charge is 0.289 e. The lowest BCUT2D eigenvalue weighted by molar-refractivity contribution is 0.453. The first kappa shape index (κ1) is 7.84. The van der Waals surface area contributed by atoms with E-state index >= 15 is 0 Å². The number of nitrogens with one attached hydrogen (secondary N) is 1. The van der Waals surface area contributed by atoms with E-state index in [-0.39, 0.29) is 0 Å². The predicted octanol–water partition coefficient (Wildman–Crippen LogP) is 0.745. The van der Waals surface area contributed by atoms with E-state index in [0.29, 0.717) is 5.56 Å². The molecule has 1 aromatic carbocycles. The van der Waals surface area contributed by atoms with Crippen LogP contribution in [0.4, 0.5) is 0 Å². The van der Waals surface area contributed by atoms with Crippen LogP contribution in [0.25, 0.3) is 0 Å². The van der Waals surface area contributed by atoms with Crippen LogP contribution in [0.2, 0.25) is 0 Å². The zero-order valence-electron chi connectivity index (χ0n) is 5.99. The van der Waals surface area contributed by atoms with Crippen molar-refractivity contribution in [1.29, 1.82) is 5.53 Å². The van der Waals surface area contributed by atoms with Crippen molar-refractivity contribution in [3.05, 3.63) is 35.9 Å². The van der Waals surface area contributed by atoms with Crippen LogP contribution < -0.4 is 11.5 Å². The third-order valence-corrected chi connectivity index (χ3v) is 1.42. The zero-order valence-corrected chi connectivity index (χ0v) is 5.99. The molecule has 0 heterocycles. The highest BCUT2D eigenvalue weighted by Crippen LogP contribution is 2.11. The highest BCUT2D eigenvalue weighted by molar-refractivity contribution is 5.21. The number of benzene rings is 1. The van der Waals surface area contributed by atoms with E-state index < -0.39 is 5.79 Å². The summed E-state index contributed by atoms with van der Waals surface area (Å²) in [6.07, 6.45) is 0. The number of hydrogen-bond donors (Lipinski definition) is 3. The van der Waals surface area contributed by atoms with Gasteiger partial charge in [-0.2, -0.15) is 5.11 Å². The van der Waals surface area contributed by atoms with Gasteiger partial charge in [-0.05, 0) is 0 Å². The lowest BCUT2D eigenvalue weighted by Gasteiger charge is -2.16. The lowest BCUT2D eigenvalue weighted by atomic mass is 10.1. The van der Waals surface area contributed by atoms with Crippen molar-refractivity contribution in [3.8, 4) is 0 Å². The molecule has 0 atom stereocenters. The maximum Gasteiger partial charge on any atom is 0.205 e. The van der Waals surface area contributed by atoms with Crippen LogP contribution in [0, 0.1) is 5.53 Å². The van der Waals surface area contributed by atoms with Crippen molar-refractivity contribution in [2.45, 2.75) is 5.79 Å². The van der Waals surface area contributed by atoms with Crippen molar-refractivity contribution in [2.24, 2.45) is 16.6 Å². The molecule has 0 fully saturated rings. The molecule has 0 aliphatic carbocycles. The van der Waals surface area contributed by atoms with E-state index in [1.54, 1.807) is 24.3 Å². The van der Waals surface area contributed by atoms with Gasteiger partial charge in [0.05, 0.1) is 0 Å². The molecule has 0 radical (unpaired) electrons. The van der Waals surface area contributed by atoms with E-state index in [9.17, 15) is 0 Å².